The highest BCUT2D eigenvalue weighted by atomic mass is 15.6. The van der Waals surface area contributed by atoms with E-state index in [1.54, 1.807) is 4.68 Å². The molecule has 0 saturated carbocycles. The molecule has 21 heavy (non-hydrogen) atoms. The summed E-state index contributed by atoms with van der Waals surface area (Å²) in [4.78, 5) is 0. The highest BCUT2D eigenvalue weighted by Crippen LogP contribution is 2.13. The van der Waals surface area contributed by atoms with E-state index in [1.165, 1.54) is 0 Å². The maximum Gasteiger partial charge on any atom is 0.248 e. The van der Waals surface area contributed by atoms with Crippen LogP contribution in [-0.2, 0) is 20.0 Å². The van der Waals surface area contributed by atoms with Crippen LogP contribution in [0.3, 0.4) is 0 Å². The summed E-state index contributed by atoms with van der Waals surface area (Å²) in [5.41, 5.74) is 3.17. The van der Waals surface area contributed by atoms with Crippen molar-refractivity contribution < 1.29 is 0 Å². The minimum atomic E-state index is 0.618. The fraction of sp³-hybridized carbons (Fsp3) is 0.286. The maximum atomic E-state index is 4.43. The number of nitrogens with one attached hydrogen (secondary N) is 1. The lowest BCUT2D eigenvalue weighted by atomic mass is 10.2. The zero-order valence-electron chi connectivity index (χ0n) is 12.1. The lowest BCUT2D eigenvalue weighted by Gasteiger charge is -2.06. The molecule has 0 atom stereocenters. The molecule has 7 nitrogen and oxygen atoms in total. The van der Waals surface area contributed by atoms with E-state index in [0.29, 0.717) is 12.5 Å². The van der Waals surface area contributed by atoms with Crippen molar-refractivity contribution in [1.82, 2.24) is 30.0 Å². The Morgan fingerprint density at radius 3 is 2.76 bits per heavy atom. The van der Waals surface area contributed by atoms with Gasteiger partial charge in [-0.25, -0.2) is 0 Å². The van der Waals surface area contributed by atoms with Gasteiger partial charge in [-0.1, -0.05) is 30.2 Å². The SMILES string of the molecule is CCc1nn(C)cc1CNc1nnnn1-c1ccccc1. The Balaban J connectivity index is 1.79. The van der Waals surface area contributed by atoms with E-state index >= 15 is 0 Å². The number of rotatable bonds is 5. The van der Waals surface area contributed by atoms with E-state index in [9.17, 15) is 0 Å². The third kappa shape index (κ3) is 2.76. The van der Waals surface area contributed by atoms with Crippen molar-refractivity contribution >= 4 is 5.95 Å². The van der Waals surface area contributed by atoms with E-state index in [4.69, 9.17) is 0 Å². The molecule has 3 rings (SSSR count). The van der Waals surface area contributed by atoms with Crippen LogP contribution in [-0.4, -0.2) is 30.0 Å². The summed E-state index contributed by atoms with van der Waals surface area (Å²) in [6.45, 7) is 2.74. The molecule has 0 amide bonds. The first kappa shape index (κ1) is 13.3. The Kier molecular flexibility index (Phi) is 3.63. The molecule has 108 valence electrons. The predicted octanol–water partition coefficient (Wildman–Crippen LogP) is 1.57. The number of aromatic nitrogens is 6. The van der Waals surface area contributed by atoms with E-state index in [1.807, 2.05) is 48.3 Å². The molecule has 0 aliphatic rings. The standard InChI is InChI=1S/C14H17N7/c1-3-13-11(10-20(2)17-13)9-15-14-16-18-19-21(14)12-7-5-4-6-8-12/h4-8,10H,3,9H2,1-2H3,(H,15,16,19). The molecule has 0 saturated heterocycles. The van der Waals surface area contributed by atoms with E-state index in [-0.39, 0.29) is 0 Å². The number of hydrogen-bond acceptors (Lipinski definition) is 5. The van der Waals surface area contributed by atoms with Crippen LogP contribution in [0.5, 0.6) is 0 Å². The van der Waals surface area contributed by atoms with Crippen LogP contribution in [0.15, 0.2) is 36.5 Å². The maximum absolute atomic E-state index is 4.43. The Morgan fingerprint density at radius 2 is 2.00 bits per heavy atom. The number of nitrogens with zero attached hydrogens (tertiary/aromatic N) is 6. The average molecular weight is 283 g/mol. The van der Waals surface area contributed by atoms with Gasteiger partial charge in [0.2, 0.25) is 5.95 Å². The van der Waals surface area contributed by atoms with Gasteiger partial charge >= 0.3 is 0 Å². The van der Waals surface area contributed by atoms with Gasteiger partial charge in [0.1, 0.15) is 0 Å². The summed E-state index contributed by atoms with van der Waals surface area (Å²) in [5, 5.41) is 19.5. The number of para-hydroxylation sites is 1. The third-order valence-corrected chi connectivity index (χ3v) is 3.23. The lowest BCUT2D eigenvalue weighted by Crippen LogP contribution is -2.08. The molecule has 1 N–H and O–H groups in total. The summed E-state index contributed by atoms with van der Waals surface area (Å²) in [5.74, 6) is 0.618. The largest absolute Gasteiger partial charge is 0.349 e. The van der Waals surface area contributed by atoms with Crippen molar-refractivity contribution in [2.45, 2.75) is 19.9 Å². The van der Waals surface area contributed by atoms with Gasteiger partial charge in [0.25, 0.3) is 0 Å². The second-order valence-electron chi connectivity index (χ2n) is 4.73. The molecule has 1 aromatic carbocycles. The molecule has 0 unspecified atom stereocenters. The predicted molar refractivity (Wildman–Crippen MR) is 79.1 cm³/mol. The smallest absolute Gasteiger partial charge is 0.248 e. The van der Waals surface area contributed by atoms with E-state index < -0.39 is 0 Å². The van der Waals surface area contributed by atoms with Crippen LogP contribution in [0.2, 0.25) is 0 Å². The first-order chi connectivity index (χ1) is 10.3. The van der Waals surface area contributed by atoms with Gasteiger partial charge in [0.05, 0.1) is 11.4 Å². The zero-order valence-corrected chi connectivity index (χ0v) is 12.1. The molecule has 2 aromatic heterocycles. The Hall–Kier alpha value is -2.70. The quantitative estimate of drug-likeness (QED) is 0.769. The Bertz CT molecular complexity index is 714. The van der Waals surface area contributed by atoms with Crippen LogP contribution in [0.25, 0.3) is 5.69 Å². The number of benzene rings is 1. The molecule has 0 aliphatic carbocycles. The second kappa shape index (κ2) is 5.74. The molecule has 2 heterocycles. The van der Waals surface area contributed by atoms with Crippen molar-refractivity contribution in [2.75, 3.05) is 5.32 Å². The van der Waals surface area contributed by atoms with Gasteiger partial charge in [-0.2, -0.15) is 9.78 Å². The Labute approximate surface area is 122 Å². The number of anilines is 1. The fourth-order valence-electron chi connectivity index (χ4n) is 2.24. The van der Waals surface area contributed by atoms with Gasteiger partial charge in [-0.15, -0.1) is 0 Å². The van der Waals surface area contributed by atoms with Crippen LogP contribution in [0.1, 0.15) is 18.2 Å². The third-order valence-electron chi connectivity index (χ3n) is 3.23. The highest BCUT2D eigenvalue weighted by Gasteiger charge is 2.10. The molecular weight excluding hydrogens is 266 g/mol. The lowest BCUT2D eigenvalue weighted by molar-refractivity contribution is 0.746. The van der Waals surface area contributed by atoms with Crippen molar-refractivity contribution in [3.8, 4) is 5.69 Å². The van der Waals surface area contributed by atoms with Crippen LogP contribution in [0.4, 0.5) is 5.95 Å². The molecular formula is C14H17N7. The molecule has 0 aliphatic heterocycles. The molecule has 0 fully saturated rings. The van der Waals surface area contributed by atoms with Crippen LogP contribution in [0, 0.1) is 0 Å². The normalized spacial score (nSPS) is 10.8. The minimum Gasteiger partial charge on any atom is -0.349 e. The van der Waals surface area contributed by atoms with Crippen molar-refractivity contribution in [1.29, 1.82) is 0 Å². The first-order valence-corrected chi connectivity index (χ1v) is 6.87. The summed E-state index contributed by atoms with van der Waals surface area (Å²) in [7, 11) is 1.93. The summed E-state index contributed by atoms with van der Waals surface area (Å²) < 4.78 is 3.51. The number of tetrazole rings is 1. The molecule has 3 aromatic rings. The van der Waals surface area contributed by atoms with Crippen LogP contribution >= 0.6 is 0 Å². The van der Waals surface area contributed by atoms with Crippen molar-refractivity contribution in [3.63, 3.8) is 0 Å². The van der Waals surface area contributed by atoms with Gasteiger partial charge in [-0.05, 0) is 29.0 Å². The highest BCUT2D eigenvalue weighted by molar-refractivity contribution is 5.39. The number of hydrogen-bond donors (Lipinski definition) is 1. The van der Waals surface area contributed by atoms with Crippen molar-refractivity contribution in [2.24, 2.45) is 7.05 Å². The van der Waals surface area contributed by atoms with Gasteiger partial charge in [0, 0.05) is 25.4 Å². The Morgan fingerprint density at radius 1 is 1.19 bits per heavy atom. The zero-order chi connectivity index (χ0) is 14.7. The summed E-state index contributed by atoms with van der Waals surface area (Å²) in [6, 6.07) is 9.80. The topological polar surface area (TPSA) is 73.5 Å². The van der Waals surface area contributed by atoms with E-state index in [2.05, 4.69) is 32.9 Å². The van der Waals surface area contributed by atoms with Crippen LogP contribution < -0.4 is 5.32 Å². The fourth-order valence-corrected chi connectivity index (χ4v) is 2.24. The van der Waals surface area contributed by atoms with Gasteiger partial charge < -0.3 is 5.32 Å². The molecule has 0 spiro atoms. The van der Waals surface area contributed by atoms with Gasteiger partial charge in [-0.3, -0.25) is 4.68 Å². The average Bonchev–Trinajstić information content (AvgIpc) is 3.12. The first-order valence-electron chi connectivity index (χ1n) is 6.87. The summed E-state index contributed by atoms with van der Waals surface area (Å²) in [6.07, 6.45) is 2.92. The molecule has 0 bridgehead atoms. The monoisotopic (exact) mass is 283 g/mol. The molecule has 7 heteroatoms. The van der Waals surface area contributed by atoms with E-state index in [0.717, 1.165) is 23.4 Å². The second-order valence-corrected chi connectivity index (χ2v) is 4.73. The number of aryl methyl sites for hydroxylation is 2. The van der Waals surface area contributed by atoms with Gasteiger partial charge in [0.15, 0.2) is 0 Å². The summed E-state index contributed by atoms with van der Waals surface area (Å²) >= 11 is 0. The minimum absolute atomic E-state index is 0.618. The molecule has 0 radical (unpaired) electrons. The van der Waals surface area contributed by atoms with Crippen molar-refractivity contribution in [3.05, 3.63) is 47.8 Å².